The molecule has 4 aromatic rings. The number of nitrogens with one attached hydrogen (secondary N) is 2. The minimum Gasteiger partial charge on any atom is -0.351 e. The van der Waals surface area contributed by atoms with E-state index in [1.54, 1.807) is 11.3 Å². The summed E-state index contributed by atoms with van der Waals surface area (Å²) in [4.78, 5) is 15.5. The Balaban J connectivity index is 1.64. The number of aromatic amines is 1. The lowest BCUT2D eigenvalue weighted by atomic mass is 10.2. The summed E-state index contributed by atoms with van der Waals surface area (Å²) >= 11 is 1.70. The van der Waals surface area contributed by atoms with Gasteiger partial charge >= 0.3 is 0 Å². The van der Waals surface area contributed by atoms with E-state index in [9.17, 15) is 4.79 Å². The zero-order chi connectivity index (χ0) is 14.2. The van der Waals surface area contributed by atoms with Crippen LogP contribution in [0.15, 0.2) is 60.0 Å². The van der Waals surface area contributed by atoms with Crippen molar-refractivity contribution >= 4 is 43.9 Å². The molecule has 0 aliphatic carbocycles. The Kier molecular flexibility index (Phi) is 2.75. The van der Waals surface area contributed by atoms with Gasteiger partial charge in [0.25, 0.3) is 5.91 Å². The number of carbonyl (C=O) groups is 1. The monoisotopic (exact) mass is 292 g/mol. The molecule has 0 atom stereocenters. The molecule has 4 rings (SSSR count). The zero-order valence-corrected chi connectivity index (χ0v) is 11.9. The van der Waals surface area contributed by atoms with E-state index in [2.05, 4.69) is 16.4 Å². The van der Waals surface area contributed by atoms with Gasteiger partial charge in [-0.25, -0.2) is 0 Å². The Morgan fingerprint density at radius 2 is 1.90 bits per heavy atom. The standard InChI is InChI=1S/C17H12N2OS/c20-17(15-10-11-3-1-2-4-14(11)19-15)18-13-5-6-16-12(9-13)7-8-21-16/h1-10,19H,(H,18,20). The molecular formula is C17H12N2OS. The maximum atomic E-state index is 12.3. The lowest BCUT2D eigenvalue weighted by molar-refractivity contribution is 0.102. The summed E-state index contributed by atoms with van der Waals surface area (Å²) in [5.74, 6) is -0.124. The molecule has 0 saturated heterocycles. The smallest absolute Gasteiger partial charge is 0.272 e. The molecule has 0 spiro atoms. The van der Waals surface area contributed by atoms with Crippen molar-refractivity contribution in [1.29, 1.82) is 0 Å². The summed E-state index contributed by atoms with van der Waals surface area (Å²) in [6.45, 7) is 0. The van der Waals surface area contributed by atoms with Crippen LogP contribution in [0.1, 0.15) is 10.5 Å². The normalized spacial score (nSPS) is 11.0. The SMILES string of the molecule is O=C(Nc1ccc2sccc2c1)c1cc2ccccc2[nH]1. The van der Waals surface area contributed by atoms with E-state index in [0.717, 1.165) is 22.0 Å². The van der Waals surface area contributed by atoms with Crippen LogP contribution in [0.2, 0.25) is 0 Å². The van der Waals surface area contributed by atoms with Gasteiger partial charge in [-0.05, 0) is 47.2 Å². The van der Waals surface area contributed by atoms with Crippen LogP contribution in [0.3, 0.4) is 0 Å². The van der Waals surface area contributed by atoms with Crippen LogP contribution in [0, 0.1) is 0 Å². The van der Waals surface area contributed by atoms with Crippen molar-refractivity contribution in [3.8, 4) is 0 Å². The van der Waals surface area contributed by atoms with Crippen LogP contribution in [-0.4, -0.2) is 10.9 Å². The van der Waals surface area contributed by atoms with E-state index >= 15 is 0 Å². The summed E-state index contributed by atoms with van der Waals surface area (Å²) in [5, 5.41) is 7.17. The molecular weight excluding hydrogens is 280 g/mol. The van der Waals surface area contributed by atoms with Crippen LogP contribution in [0.5, 0.6) is 0 Å². The second-order valence-corrected chi connectivity index (χ2v) is 5.85. The van der Waals surface area contributed by atoms with E-state index in [-0.39, 0.29) is 5.91 Å². The fraction of sp³-hybridized carbons (Fsp3) is 0. The maximum absolute atomic E-state index is 12.3. The van der Waals surface area contributed by atoms with Gasteiger partial charge in [0.2, 0.25) is 0 Å². The number of amides is 1. The number of carbonyl (C=O) groups excluding carboxylic acids is 1. The van der Waals surface area contributed by atoms with Gasteiger partial charge in [0.1, 0.15) is 5.69 Å². The van der Waals surface area contributed by atoms with Crippen LogP contribution < -0.4 is 5.32 Å². The molecule has 0 aliphatic heterocycles. The highest BCUT2D eigenvalue weighted by Crippen LogP contribution is 2.24. The third-order valence-electron chi connectivity index (χ3n) is 3.48. The molecule has 2 aromatic carbocycles. The lowest BCUT2D eigenvalue weighted by Crippen LogP contribution is -2.11. The van der Waals surface area contributed by atoms with Crippen LogP contribution in [0.25, 0.3) is 21.0 Å². The van der Waals surface area contributed by atoms with E-state index in [4.69, 9.17) is 0 Å². The van der Waals surface area contributed by atoms with E-state index in [0.29, 0.717) is 5.69 Å². The van der Waals surface area contributed by atoms with E-state index in [1.165, 1.54) is 4.70 Å². The third kappa shape index (κ3) is 2.19. The van der Waals surface area contributed by atoms with Crippen LogP contribution >= 0.6 is 11.3 Å². The van der Waals surface area contributed by atoms with Crippen molar-refractivity contribution in [3.63, 3.8) is 0 Å². The predicted octanol–water partition coefficient (Wildman–Crippen LogP) is 4.63. The van der Waals surface area contributed by atoms with E-state index in [1.807, 2.05) is 53.9 Å². The van der Waals surface area contributed by atoms with Gasteiger partial charge in [0.05, 0.1) is 0 Å². The topological polar surface area (TPSA) is 44.9 Å². The average Bonchev–Trinajstić information content (AvgIpc) is 3.13. The second kappa shape index (κ2) is 4.75. The summed E-state index contributed by atoms with van der Waals surface area (Å²) < 4.78 is 1.22. The molecule has 1 amide bonds. The number of thiophene rings is 1. The Morgan fingerprint density at radius 3 is 2.81 bits per heavy atom. The van der Waals surface area contributed by atoms with Crippen molar-refractivity contribution in [3.05, 3.63) is 65.7 Å². The minimum atomic E-state index is -0.124. The fourth-order valence-corrected chi connectivity index (χ4v) is 3.21. The summed E-state index contributed by atoms with van der Waals surface area (Å²) in [6, 6.07) is 17.7. The Labute approximate surface area is 125 Å². The highest BCUT2D eigenvalue weighted by atomic mass is 32.1. The zero-order valence-electron chi connectivity index (χ0n) is 11.1. The number of aromatic nitrogens is 1. The van der Waals surface area contributed by atoms with Crippen LogP contribution in [0.4, 0.5) is 5.69 Å². The number of para-hydroxylation sites is 1. The third-order valence-corrected chi connectivity index (χ3v) is 4.38. The largest absolute Gasteiger partial charge is 0.351 e. The minimum absolute atomic E-state index is 0.124. The van der Waals surface area contributed by atoms with E-state index < -0.39 is 0 Å². The molecule has 102 valence electrons. The Morgan fingerprint density at radius 1 is 1.00 bits per heavy atom. The van der Waals surface area contributed by atoms with Gasteiger partial charge < -0.3 is 10.3 Å². The van der Waals surface area contributed by atoms with Crippen molar-refractivity contribution < 1.29 is 4.79 Å². The van der Waals surface area contributed by atoms with Gasteiger partial charge in [-0.2, -0.15) is 0 Å². The first-order chi connectivity index (χ1) is 10.3. The molecule has 0 saturated carbocycles. The molecule has 3 nitrogen and oxygen atoms in total. The Hall–Kier alpha value is -2.59. The number of fused-ring (bicyclic) bond motifs is 2. The molecule has 0 unspecified atom stereocenters. The number of H-pyrrole nitrogens is 1. The number of benzene rings is 2. The summed E-state index contributed by atoms with van der Waals surface area (Å²) in [5.41, 5.74) is 2.35. The second-order valence-electron chi connectivity index (χ2n) is 4.90. The fourth-order valence-electron chi connectivity index (χ4n) is 2.44. The molecule has 2 heterocycles. The highest BCUT2D eigenvalue weighted by molar-refractivity contribution is 7.17. The van der Waals surface area contributed by atoms with Crippen molar-refractivity contribution in [2.45, 2.75) is 0 Å². The van der Waals surface area contributed by atoms with Crippen molar-refractivity contribution in [2.75, 3.05) is 5.32 Å². The Bertz CT molecular complexity index is 918. The number of hydrogen-bond acceptors (Lipinski definition) is 2. The molecule has 0 bridgehead atoms. The molecule has 0 fully saturated rings. The first-order valence-electron chi connectivity index (χ1n) is 6.66. The van der Waals surface area contributed by atoms with Gasteiger partial charge in [0.15, 0.2) is 0 Å². The number of rotatable bonds is 2. The molecule has 0 aliphatic rings. The van der Waals surface area contributed by atoms with Crippen LogP contribution in [-0.2, 0) is 0 Å². The quantitative estimate of drug-likeness (QED) is 0.555. The summed E-state index contributed by atoms with van der Waals surface area (Å²) in [6.07, 6.45) is 0. The van der Waals surface area contributed by atoms with Gasteiger partial charge in [-0.3, -0.25) is 4.79 Å². The molecule has 2 N–H and O–H groups in total. The lowest BCUT2D eigenvalue weighted by Gasteiger charge is -2.03. The predicted molar refractivity (Wildman–Crippen MR) is 88.1 cm³/mol. The number of hydrogen-bond donors (Lipinski definition) is 2. The van der Waals surface area contributed by atoms with Gasteiger partial charge in [0, 0.05) is 21.3 Å². The molecule has 2 aromatic heterocycles. The number of anilines is 1. The molecule has 0 radical (unpaired) electrons. The first kappa shape index (κ1) is 12.2. The first-order valence-corrected chi connectivity index (χ1v) is 7.54. The van der Waals surface area contributed by atoms with Crippen molar-refractivity contribution in [2.24, 2.45) is 0 Å². The van der Waals surface area contributed by atoms with Gasteiger partial charge in [-0.15, -0.1) is 11.3 Å². The highest BCUT2D eigenvalue weighted by Gasteiger charge is 2.09. The molecule has 4 heteroatoms. The van der Waals surface area contributed by atoms with Gasteiger partial charge in [-0.1, -0.05) is 18.2 Å². The summed E-state index contributed by atoms with van der Waals surface area (Å²) in [7, 11) is 0. The van der Waals surface area contributed by atoms with Crippen molar-refractivity contribution in [1.82, 2.24) is 4.98 Å². The average molecular weight is 292 g/mol. The molecule has 21 heavy (non-hydrogen) atoms. The maximum Gasteiger partial charge on any atom is 0.272 e.